The van der Waals surface area contributed by atoms with Crippen molar-refractivity contribution in [1.29, 1.82) is 0 Å². The molecule has 0 fully saturated rings. The van der Waals surface area contributed by atoms with E-state index in [1.807, 2.05) is 67.6 Å². The van der Waals surface area contributed by atoms with Crippen LogP contribution in [0.5, 0.6) is 0 Å². The number of benzene rings is 2. The Morgan fingerprint density at radius 1 is 1.00 bits per heavy atom. The van der Waals surface area contributed by atoms with Crippen LogP contribution in [0.25, 0.3) is 0 Å². The lowest BCUT2D eigenvalue weighted by Crippen LogP contribution is -2.45. The first kappa shape index (κ1) is 12.8. The van der Waals surface area contributed by atoms with E-state index in [1.165, 1.54) is 0 Å². The summed E-state index contributed by atoms with van der Waals surface area (Å²) in [6.45, 7) is 1.84. The van der Waals surface area contributed by atoms with Crippen molar-refractivity contribution < 1.29 is 5.11 Å². The molecular formula is C16H19NO. The summed E-state index contributed by atoms with van der Waals surface area (Å²) in [4.78, 5) is 0. The monoisotopic (exact) mass is 241 g/mol. The number of hydrogen-bond acceptors (Lipinski definition) is 2. The highest BCUT2D eigenvalue weighted by Gasteiger charge is 2.33. The van der Waals surface area contributed by atoms with E-state index in [0.717, 1.165) is 11.1 Å². The molecule has 2 rings (SSSR count). The molecule has 2 heteroatoms. The summed E-state index contributed by atoms with van der Waals surface area (Å²) >= 11 is 0. The average Bonchev–Trinajstić information content (AvgIpc) is 2.40. The van der Waals surface area contributed by atoms with Gasteiger partial charge in [0.15, 0.2) is 0 Å². The van der Waals surface area contributed by atoms with Crippen LogP contribution in [0.1, 0.15) is 18.1 Å². The molecule has 0 saturated heterocycles. The van der Waals surface area contributed by atoms with Crippen molar-refractivity contribution in [3.63, 3.8) is 0 Å². The fourth-order valence-corrected chi connectivity index (χ4v) is 2.16. The molecule has 94 valence electrons. The van der Waals surface area contributed by atoms with Gasteiger partial charge in [0.25, 0.3) is 0 Å². The predicted molar refractivity (Wildman–Crippen MR) is 74.1 cm³/mol. The van der Waals surface area contributed by atoms with E-state index in [4.69, 9.17) is 5.73 Å². The minimum Gasteiger partial charge on any atom is -0.383 e. The van der Waals surface area contributed by atoms with E-state index < -0.39 is 5.60 Å². The van der Waals surface area contributed by atoms with Gasteiger partial charge in [0.2, 0.25) is 0 Å². The quantitative estimate of drug-likeness (QED) is 0.863. The van der Waals surface area contributed by atoms with Crippen LogP contribution in [0.3, 0.4) is 0 Å². The normalized spacial score (nSPS) is 15.9. The van der Waals surface area contributed by atoms with E-state index in [1.54, 1.807) is 0 Å². The molecule has 18 heavy (non-hydrogen) atoms. The molecule has 0 bridgehead atoms. The summed E-state index contributed by atoms with van der Waals surface area (Å²) in [5, 5.41) is 10.9. The highest BCUT2D eigenvalue weighted by atomic mass is 16.3. The third-order valence-corrected chi connectivity index (χ3v) is 3.34. The fourth-order valence-electron chi connectivity index (χ4n) is 2.16. The molecule has 0 spiro atoms. The number of hydrogen-bond donors (Lipinski definition) is 2. The minimum atomic E-state index is -1.03. The van der Waals surface area contributed by atoms with Gasteiger partial charge in [0, 0.05) is 12.5 Å². The number of aliphatic hydroxyl groups is 1. The molecule has 0 amide bonds. The molecule has 0 aliphatic heterocycles. The van der Waals surface area contributed by atoms with Gasteiger partial charge in [0.1, 0.15) is 5.60 Å². The molecule has 0 heterocycles. The predicted octanol–water partition coefficient (Wildman–Crippen LogP) is 2.46. The summed E-state index contributed by atoms with van der Waals surface area (Å²) in [7, 11) is 0. The molecule has 0 aromatic heterocycles. The molecule has 2 aromatic rings. The van der Waals surface area contributed by atoms with Gasteiger partial charge in [-0.05, 0) is 18.1 Å². The standard InChI is InChI=1S/C16H19NO/c1-13(17)16(18,15-10-6-3-7-11-15)12-14-8-4-2-5-9-14/h2-11,13,18H,12,17H2,1H3. The van der Waals surface area contributed by atoms with Gasteiger partial charge in [-0.1, -0.05) is 60.7 Å². The SMILES string of the molecule is CC(N)C(O)(Cc1ccccc1)c1ccccc1. The van der Waals surface area contributed by atoms with Gasteiger partial charge < -0.3 is 10.8 Å². The summed E-state index contributed by atoms with van der Waals surface area (Å²) in [5.74, 6) is 0. The second kappa shape index (κ2) is 5.34. The van der Waals surface area contributed by atoms with Crippen LogP contribution >= 0.6 is 0 Å². The zero-order chi connectivity index (χ0) is 13.0. The van der Waals surface area contributed by atoms with Crippen LogP contribution in [-0.2, 0) is 12.0 Å². The maximum Gasteiger partial charge on any atom is 0.108 e. The first-order valence-corrected chi connectivity index (χ1v) is 6.20. The topological polar surface area (TPSA) is 46.2 Å². The third kappa shape index (κ3) is 2.61. The van der Waals surface area contributed by atoms with Gasteiger partial charge in [-0.3, -0.25) is 0 Å². The van der Waals surface area contributed by atoms with E-state index in [9.17, 15) is 5.11 Å². The lowest BCUT2D eigenvalue weighted by molar-refractivity contribution is 0.0153. The lowest BCUT2D eigenvalue weighted by atomic mass is 9.82. The van der Waals surface area contributed by atoms with Crippen LogP contribution in [0.2, 0.25) is 0 Å². The van der Waals surface area contributed by atoms with Crippen molar-refractivity contribution in [3.05, 3.63) is 71.8 Å². The zero-order valence-electron chi connectivity index (χ0n) is 10.6. The van der Waals surface area contributed by atoms with Crippen molar-refractivity contribution in [2.45, 2.75) is 25.0 Å². The van der Waals surface area contributed by atoms with E-state index in [-0.39, 0.29) is 6.04 Å². The second-order valence-corrected chi connectivity index (χ2v) is 4.74. The number of nitrogens with two attached hydrogens (primary N) is 1. The van der Waals surface area contributed by atoms with Crippen molar-refractivity contribution >= 4 is 0 Å². The fraction of sp³-hybridized carbons (Fsp3) is 0.250. The van der Waals surface area contributed by atoms with Gasteiger partial charge >= 0.3 is 0 Å². The Labute approximate surface area is 108 Å². The van der Waals surface area contributed by atoms with Crippen molar-refractivity contribution in [2.24, 2.45) is 5.73 Å². The largest absolute Gasteiger partial charge is 0.383 e. The van der Waals surface area contributed by atoms with Crippen LogP contribution in [0.4, 0.5) is 0 Å². The smallest absolute Gasteiger partial charge is 0.108 e. The highest BCUT2D eigenvalue weighted by Crippen LogP contribution is 2.28. The van der Waals surface area contributed by atoms with E-state index >= 15 is 0 Å². The molecule has 2 nitrogen and oxygen atoms in total. The van der Waals surface area contributed by atoms with E-state index in [0.29, 0.717) is 6.42 Å². The summed E-state index contributed by atoms with van der Waals surface area (Å²) < 4.78 is 0. The average molecular weight is 241 g/mol. The Bertz CT molecular complexity index is 481. The number of rotatable bonds is 4. The Morgan fingerprint density at radius 2 is 1.50 bits per heavy atom. The summed E-state index contributed by atoms with van der Waals surface area (Å²) in [6.07, 6.45) is 0.523. The van der Waals surface area contributed by atoms with Crippen LogP contribution in [0.15, 0.2) is 60.7 Å². The van der Waals surface area contributed by atoms with Crippen molar-refractivity contribution in [1.82, 2.24) is 0 Å². The zero-order valence-corrected chi connectivity index (χ0v) is 10.6. The first-order valence-electron chi connectivity index (χ1n) is 6.20. The molecular weight excluding hydrogens is 222 g/mol. The Balaban J connectivity index is 2.34. The first-order chi connectivity index (χ1) is 8.63. The molecule has 0 aliphatic carbocycles. The van der Waals surface area contributed by atoms with Crippen LogP contribution in [0, 0.1) is 0 Å². The van der Waals surface area contributed by atoms with Crippen molar-refractivity contribution in [2.75, 3.05) is 0 Å². The summed E-state index contributed by atoms with van der Waals surface area (Å²) in [6, 6.07) is 19.2. The molecule has 0 radical (unpaired) electrons. The van der Waals surface area contributed by atoms with Gasteiger partial charge in [-0.25, -0.2) is 0 Å². The van der Waals surface area contributed by atoms with Crippen LogP contribution in [-0.4, -0.2) is 11.1 Å². The van der Waals surface area contributed by atoms with Gasteiger partial charge in [-0.15, -0.1) is 0 Å². The van der Waals surface area contributed by atoms with E-state index in [2.05, 4.69) is 0 Å². The third-order valence-electron chi connectivity index (χ3n) is 3.34. The Hall–Kier alpha value is -1.64. The van der Waals surface area contributed by atoms with Gasteiger partial charge in [-0.2, -0.15) is 0 Å². The maximum absolute atomic E-state index is 10.9. The molecule has 2 aromatic carbocycles. The summed E-state index contributed by atoms with van der Waals surface area (Å²) in [5.41, 5.74) is 6.92. The Kier molecular flexibility index (Phi) is 3.80. The lowest BCUT2D eigenvalue weighted by Gasteiger charge is -2.32. The molecule has 0 aliphatic rings. The maximum atomic E-state index is 10.9. The second-order valence-electron chi connectivity index (χ2n) is 4.74. The van der Waals surface area contributed by atoms with Crippen LogP contribution < -0.4 is 5.73 Å². The Morgan fingerprint density at radius 3 is 2.00 bits per heavy atom. The highest BCUT2D eigenvalue weighted by molar-refractivity contribution is 5.28. The van der Waals surface area contributed by atoms with Gasteiger partial charge in [0.05, 0.1) is 0 Å². The molecule has 2 atom stereocenters. The minimum absolute atomic E-state index is 0.333. The molecule has 3 N–H and O–H groups in total. The molecule has 0 saturated carbocycles. The van der Waals surface area contributed by atoms with Crippen molar-refractivity contribution in [3.8, 4) is 0 Å². The molecule has 2 unspecified atom stereocenters.